The largest absolute Gasteiger partial charge is 0.352 e. The fourth-order valence-electron chi connectivity index (χ4n) is 3.41. The van der Waals surface area contributed by atoms with Gasteiger partial charge in [0.2, 0.25) is 0 Å². The van der Waals surface area contributed by atoms with Gasteiger partial charge in [-0.05, 0) is 48.2 Å². The maximum absolute atomic E-state index is 12.1. The quantitative estimate of drug-likeness (QED) is 0.389. The molecular formula is C25H26N4OS. The van der Waals surface area contributed by atoms with E-state index in [1.807, 2.05) is 43.5 Å². The maximum atomic E-state index is 12.1. The van der Waals surface area contributed by atoms with Crippen LogP contribution in [0.4, 0.5) is 0 Å². The van der Waals surface area contributed by atoms with Gasteiger partial charge in [0.25, 0.3) is 5.91 Å². The van der Waals surface area contributed by atoms with Crippen LogP contribution in [-0.2, 0) is 12.3 Å². The zero-order valence-electron chi connectivity index (χ0n) is 17.8. The van der Waals surface area contributed by atoms with Crippen LogP contribution in [0.3, 0.4) is 0 Å². The number of nitrogens with zero attached hydrogens (tertiary/aromatic N) is 3. The van der Waals surface area contributed by atoms with E-state index >= 15 is 0 Å². The van der Waals surface area contributed by atoms with Gasteiger partial charge in [-0.2, -0.15) is 0 Å². The third-order valence-corrected chi connectivity index (χ3v) is 6.27. The lowest BCUT2D eigenvalue weighted by atomic mass is 10.1. The second kappa shape index (κ2) is 9.79. The standard InChI is InChI=1S/C25H26N4OS/c1-3-13-27-24(30)20-10-8-19(9-11-20)17-31-25-28-22-12-14-26-15-23(22)29(25)16-21-7-5-4-6-18(21)2/h4-12,14-15H,3,13,16-17H2,1-2H3,(H,27,30). The summed E-state index contributed by atoms with van der Waals surface area (Å²) in [6, 6.07) is 18.2. The Balaban J connectivity index is 1.53. The molecule has 4 aromatic rings. The normalized spacial score (nSPS) is 11.0. The summed E-state index contributed by atoms with van der Waals surface area (Å²) in [6.45, 7) is 5.64. The van der Waals surface area contributed by atoms with Crippen molar-refractivity contribution in [1.82, 2.24) is 19.9 Å². The Labute approximate surface area is 186 Å². The Bertz CT molecular complexity index is 1180. The summed E-state index contributed by atoms with van der Waals surface area (Å²) < 4.78 is 2.24. The SMILES string of the molecule is CCCNC(=O)c1ccc(CSc2nc3ccncc3n2Cc2ccccc2C)cc1. The molecule has 4 rings (SSSR count). The highest BCUT2D eigenvalue weighted by molar-refractivity contribution is 7.98. The van der Waals surface area contributed by atoms with Crippen LogP contribution in [-0.4, -0.2) is 27.0 Å². The maximum Gasteiger partial charge on any atom is 0.251 e. The molecule has 2 aromatic heterocycles. The van der Waals surface area contributed by atoms with Crippen molar-refractivity contribution in [3.63, 3.8) is 0 Å². The molecule has 0 radical (unpaired) electrons. The second-order valence-electron chi connectivity index (χ2n) is 7.51. The number of aromatic nitrogens is 3. The van der Waals surface area contributed by atoms with Crippen LogP contribution in [0.5, 0.6) is 0 Å². The van der Waals surface area contributed by atoms with Gasteiger partial charge in [0.15, 0.2) is 5.16 Å². The number of carbonyl (C=O) groups excluding carboxylic acids is 1. The first-order chi connectivity index (χ1) is 15.2. The van der Waals surface area contributed by atoms with E-state index in [4.69, 9.17) is 4.98 Å². The second-order valence-corrected chi connectivity index (χ2v) is 8.46. The molecule has 2 heterocycles. The Hall–Kier alpha value is -3.12. The molecule has 0 unspecified atom stereocenters. The first-order valence-electron chi connectivity index (χ1n) is 10.5. The van der Waals surface area contributed by atoms with Crippen molar-refractivity contribution in [1.29, 1.82) is 0 Å². The summed E-state index contributed by atoms with van der Waals surface area (Å²) in [7, 11) is 0. The summed E-state index contributed by atoms with van der Waals surface area (Å²) in [6.07, 6.45) is 4.60. The number of fused-ring (bicyclic) bond motifs is 1. The number of amides is 1. The van der Waals surface area contributed by atoms with E-state index in [1.54, 1.807) is 18.0 Å². The number of nitrogens with one attached hydrogen (secondary N) is 1. The summed E-state index contributed by atoms with van der Waals surface area (Å²) in [5.74, 6) is 0.759. The average Bonchev–Trinajstić information content (AvgIpc) is 3.15. The number of pyridine rings is 1. The number of imidazole rings is 1. The van der Waals surface area contributed by atoms with Crippen molar-refractivity contribution in [2.24, 2.45) is 0 Å². The van der Waals surface area contributed by atoms with Gasteiger partial charge >= 0.3 is 0 Å². The van der Waals surface area contributed by atoms with Gasteiger partial charge in [0.05, 0.1) is 23.8 Å². The van der Waals surface area contributed by atoms with E-state index in [9.17, 15) is 4.79 Å². The Morgan fingerprint density at radius 1 is 1.10 bits per heavy atom. The van der Waals surface area contributed by atoms with Crippen molar-refractivity contribution in [2.75, 3.05) is 6.54 Å². The predicted octanol–water partition coefficient (Wildman–Crippen LogP) is 5.22. The lowest BCUT2D eigenvalue weighted by Gasteiger charge is -2.11. The Morgan fingerprint density at radius 3 is 2.68 bits per heavy atom. The first-order valence-corrected chi connectivity index (χ1v) is 11.5. The fraction of sp³-hybridized carbons (Fsp3) is 0.240. The zero-order chi connectivity index (χ0) is 21.6. The molecule has 1 amide bonds. The fourth-order valence-corrected chi connectivity index (χ4v) is 4.38. The summed E-state index contributed by atoms with van der Waals surface area (Å²) >= 11 is 1.70. The topological polar surface area (TPSA) is 59.8 Å². The van der Waals surface area contributed by atoms with Crippen LogP contribution in [0.25, 0.3) is 11.0 Å². The molecule has 158 valence electrons. The van der Waals surface area contributed by atoms with E-state index in [1.165, 1.54) is 11.1 Å². The monoisotopic (exact) mass is 430 g/mol. The van der Waals surface area contributed by atoms with Crippen LogP contribution in [0.15, 0.2) is 72.1 Å². The predicted molar refractivity (Wildman–Crippen MR) is 126 cm³/mol. The number of rotatable bonds is 8. The highest BCUT2D eigenvalue weighted by atomic mass is 32.2. The van der Waals surface area contributed by atoms with Crippen molar-refractivity contribution in [3.8, 4) is 0 Å². The lowest BCUT2D eigenvalue weighted by Crippen LogP contribution is -2.23. The van der Waals surface area contributed by atoms with E-state index in [2.05, 4.69) is 46.1 Å². The van der Waals surface area contributed by atoms with Gasteiger partial charge in [-0.1, -0.05) is 55.1 Å². The molecule has 31 heavy (non-hydrogen) atoms. The highest BCUT2D eigenvalue weighted by Gasteiger charge is 2.13. The molecule has 0 spiro atoms. The van der Waals surface area contributed by atoms with Crippen molar-refractivity contribution < 1.29 is 4.79 Å². The number of hydrogen-bond donors (Lipinski definition) is 1. The Kier molecular flexibility index (Phi) is 6.67. The molecule has 1 N–H and O–H groups in total. The average molecular weight is 431 g/mol. The Morgan fingerprint density at radius 2 is 1.90 bits per heavy atom. The van der Waals surface area contributed by atoms with Crippen LogP contribution in [0, 0.1) is 6.92 Å². The summed E-state index contributed by atoms with van der Waals surface area (Å²) in [5, 5.41) is 3.88. The molecule has 0 aliphatic rings. The summed E-state index contributed by atoms with van der Waals surface area (Å²) in [4.78, 5) is 21.3. The third kappa shape index (κ3) is 4.97. The van der Waals surface area contributed by atoms with Crippen LogP contribution in [0.2, 0.25) is 0 Å². The molecule has 5 nitrogen and oxygen atoms in total. The molecule has 0 aliphatic heterocycles. The van der Waals surface area contributed by atoms with Crippen LogP contribution >= 0.6 is 11.8 Å². The van der Waals surface area contributed by atoms with Crippen molar-refractivity contribution >= 4 is 28.7 Å². The highest BCUT2D eigenvalue weighted by Crippen LogP contribution is 2.28. The van der Waals surface area contributed by atoms with Crippen molar-refractivity contribution in [3.05, 3.63) is 89.2 Å². The lowest BCUT2D eigenvalue weighted by molar-refractivity contribution is 0.0953. The first kappa shape index (κ1) is 21.1. The van der Waals surface area contributed by atoms with Gasteiger partial charge in [0, 0.05) is 24.1 Å². The molecule has 0 aliphatic carbocycles. The minimum atomic E-state index is -0.0198. The molecule has 2 aromatic carbocycles. The smallest absolute Gasteiger partial charge is 0.251 e. The summed E-state index contributed by atoms with van der Waals surface area (Å²) in [5.41, 5.74) is 6.38. The number of carbonyl (C=O) groups is 1. The minimum absolute atomic E-state index is 0.0198. The third-order valence-electron chi connectivity index (χ3n) is 5.22. The van der Waals surface area contributed by atoms with E-state index in [-0.39, 0.29) is 5.91 Å². The van der Waals surface area contributed by atoms with Gasteiger partial charge < -0.3 is 9.88 Å². The van der Waals surface area contributed by atoms with E-state index < -0.39 is 0 Å². The molecule has 0 fully saturated rings. The minimum Gasteiger partial charge on any atom is -0.352 e. The van der Waals surface area contributed by atoms with E-state index in [0.29, 0.717) is 12.1 Å². The van der Waals surface area contributed by atoms with Gasteiger partial charge in [-0.25, -0.2) is 4.98 Å². The van der Waals surface area contributed by atoms with Crippen LogP contribution in [0.1, 0.15) is 40.4 Å². The van der Waals surface area contributed by atoms with Gasteiger partial charge in [-0.15, -0.1) is 0 Å². The molecule has 0 saturated heterocycles. The molecule has 0 bridgehead atoms. The number of thioether (sulfide) groups is 1. The number of hydrogen-bond acceptors (Lipinski definition) is 4. The molecule has 0 atom stereocenters. The number of aryl methyl sites for hydroxylation is 1. The van der Waals surface area contributed by atoms with Crippen LogP contribution < -0.4 is 5.32 Å². The van der Waals surface area contributed by atoms with Gasteiger partial charge in [0.1, 0.15) is 0 Å². The number of benzene rings is 2. The van der Waals surface area contributed by atoms with Gasteiger partial charge in [-0.3, -0.25) is 9.78 Å². The molecule has 0 saturated carbocycles. The van der Waals surface area contributed by atoms with Crippen molar-refractivity contribution in [2.45, 2.75) is 37.7 Å². The van der Waals surface area contributed by atoms with E-state index in [0.717, 1.165) is 40.5 Å². The molecular weight excluding hydrogens is 404 g/mol. The molecule has 6 heteroatoms. The zero-order valence-corrected chi connectivity index (χ0v) is 18.7.